The van der Waals surface area contributed by atoms with Gasteiger partial charge in [0, 0.05) is 4.90 Å². The van der Waals surface area contributed by atoms with Crippen molar-refractivity contribution in [3.8, 4) is 16.5 Å². The van der Waals surface area contributed by atoms with Gasteiger partial charge in [-0.05, 0) is 36.6 Å². The smallest absolute Gasteiger partial charge is 0.257 e. The van der Waals surface area contributed by atoms with E-state index in [0.717, 1.165) is 15.5 Å². The van der Waals surface area contributed by atoms with Gasteiger partial charge in [-0.1, -0.05) is 12.1 Å². The summed E-state index contributed by atoms with van der Waals surface area (Å²) in [5.41, 5.74) is 0. The zero-order valence-electron chi connectivity index (χ0n) is 11.6. The molecule has 0 spiro atoms. The highest BCUT2D eigenvalue weighted by Crippen LogP contribution is 2.36. The van der Waals surface area contributed by atoms with Gasteiger partial charge in [0.1, 0.15) is 5.75 Å². The van der Waals surface area contributed by atoms with Gasteiger partial charge in [0.05, 0.1) is 17.2 Å². The molecular weight excluding hydrogens is 304 g/mol. The Labute approximate surface area is 131 Å². The number of hydrogen-bond donors (Lipinski definition) is 0. The van der Waals surface area contributed by atoms with Crippen LogP contribution < -0.4 is 4.74 Å². The van der Waals surface area contributed by atoms with Crippen molar-refractivity contribution in [1.82, 2.24) is 10.2 Å². The molecule has 0 bridgehead atoms. The van der Waals surface area contributed by atoms with E-state index in [9.17, 15) is 0 Å². The van der Waals surface area contributed by atoms with Crippen LogP contribution in [0.25, 0.3) is 10.8 Å². The first-order valence-corrected chi connectivity index (χ1v) is 8.20. The van der Waals surface area contributed by atoms with E-state index >= 15 is 0 Å². The van der Waals surface area contributed by atoms with E-state index in [4.69, 9.17) is 9.15 Å². The lowest BCUT2D eigenvalue weighted by molar-refractivity contribution is 0.413. The molecule has 4 nitrogen and oxygen atoms in total. The van der Waals surface area contributed by atoms with E-state index < -0.39 is 0 Å². The summed E-state index contributed by atoms with van der Waals surface area (Å²) in [5, 5.41) is 10.3. The van der Waals surface area contributed by atoms with Gasteiger partial charge in [0.15, 0.2) is 0 Å². The molecule has 0 aliphatic rings. The largest absolute Gasteiger partial charge is 0.497 e. The molecule has 108 valence electrons. The average molecular weight is 318 g/mol. The van der Waals surface area contributed by atoms with Crippen LogP contribution in [-0.2, 0) is 0 Å². The van der Waals surface area contributed by atoms with E-state index in [1.807, 2.05) is 41.8 Å². The quantitative estimate of drug-likeness (QED) is 0.640. The molecule has 0 saturated carbocycles. The van der Waals surface area contributed by atoms with Gasteiger partial charge < -0.3 is 9.15 Å². The predicted octanol–water partition coefficient (Wildman–Crippen LogP) is 4.66. The van der Waals surface area contributed by atoms with Crippen LogP contribution >= 0.6 is 23.1 Å². The van der Waals surface area contributed by atoms with Gasteiger partial charge in [-0.3, -0.25) is 0 Å². The number of thiophene rings is 1. The first-order valence-electron chi connectivity index (χ1n) is 6.44. The van der Waals surface area contributed by atoms with Crippen LogP contribution in [0.4, 0.5) is 0 Å². The maximum absolute atomic E-state index is 5.75. The van der Waals surface area contributed by atoms with Crippen LogP contribution in [0.5, 0.6) is 5.75 Å². The first kappa shape index (κ1) is 14.2. The van der Waals surface area contributed by atoms with E-state index in [0.29, 0.717) is 11.8 Å². The summed E-state index contributed by atoms with van der Waals surface area (Å²) in [6.07, 6.45) is 0. The van der Waals surface area contributed by atoms with Crippen LogP contribution in [0.2, 0.25) is 0 Å². The molecule has 0 radical (unpaired) electrons. The van der Waals surface area contributed by atoms with Crippen molar-refractivity contribution in [1.29, 1.82) is 0 Å². The molecule has 21 heavy (non-hydrogen) atoms. The van der Waals surface area contributed by atoms with Crippen molar-refractivity contribution < 1.29 is 9.15 Å². The number of aromatic nitrogens is 2. The summed E-state index contributed by atoms with van der Waals surface area (Å²) in [7, 11) is 1.67. The second-order valence-corrected chi connectivity index (χ2v) is 6.72. The third-order valence-corrected chi connectivity index (χ3v) is 4.81. The molecule has 1 aromatic carbocycles. The van der Waals surface area contributed by atoms with Gasteiger partial charge in [0.25, 0.3) is 5.89 Å². The van der Waals surface area contributed by atoms with Crippen molar-refractivity contribution in [3.05, 3.63) is 47.7 Å². The summed E-state index contributed by atoms with van der Waals surface area (Å²) in [6, 6.07) is 11.9. The lowest BCUT2D eigenvalue weighted by atomic mass is 10.3. The normalized spacial score (nSPS) is 12.3. The Morgan fingerprint density at radius 3 is 2.90 bits per heavy atom. The van der Waals surface area contributed by atoms with Crippen molar-refractivity contribution in [2.24, 2.45) is 0 Å². The summed E-state index contributed by atoms with van der Waals surface area (Å²) < 4.78 is 11.0. The third-order valence-electron chi connectivity index (χ3n) is 2.87. The van der Waals surface area contributed by atoms with E-state index in [-0.39, 0.29) is 5.25 Å². The molecule has 0 N–H and O–H groups in total. The Balaban J connectivity index is 1.74. The fourth-order valence-corrected chi connectivity index (χ4v) is 3.42. The minimum atomic E-state index is 0.0818. The van der Waals surface area contributed by atoms with E-state index in [1.165, 1.54) is 0 Å². The number of hydrogen-bond acceptors (Lipinski definition) is 6. The molecule has 0 aliphatic carbocycles. The van der Waals surface area contributed by atoms with E-state index in [1.54, 1.807) is 30.2 Å². The zero-order chi connectivity index (χ0) is 14.7. The molecule has 2 heterocycles. The molecular formula is C15H14N2O2S2. The number of thioether (sulfide) groups is 1. The maximum atomic E-state index is 5.75. The Morgan fingerprint density at radius 1 is 1.24 bits per heavy atom. The number of methoxy groups -OCH3 is 1. The van der Waals surface area contributed by atoms with Crippen molar-refractivity contribution >= 4 is 23.1 Å². The number of rotatable bonds is 5. The fraction of sp³-hybridized carbons (Fsp3) is 0.200. The molecule has 0 unspecified atom stereocenters. The minimum absolute atomic E-state index is 0.0818. The standard InChI is InChI=1S/C15H14N2O2S2/c1-10(21-12-6-3-5-11(9-12)18-2)14-16-17-15(19-14)13-7-4-8-20-13/h3-10H,1-2H3/t10-/m0/s1. The van der Waals surface area contributed by atoms with Gasteiger partial charge in [-0.2, -0.15) is 0 Å². The van der Waals surface area contributed by atoms with Crippen LogP contribution in [-0.4, -0.2) is 17.3 Å². The van der Waals surface area contributed by atoms with Gasteiger partial charge in [0.2, 0.25) is 5.89 Å². The second kappa shape index (κ2) is 6.32. The molecule has 3 aromatic rings. The molecule has 0 aliphatic heterocycles. The Hall–Kier alpha value is -1.79. The maximum Gasteiger partial charge on any atom is 0.257 e. The van der Waals surface area contributed by atoms with Gasteiger partial charge >= 0.3 is 0 Å². The monoisotopic (exact) mass is 318 g/mol. The Bertz CT molecular complexity index is 710. The van der Waals surface area contributed by atoms with Crippen LogP contribution in [0.1, 0.15) is 18.1 Å². The molecule has 1 atom stereocenters. The minimum Gasteiger partial charge on any atom is -0.497 e. The highest BCUT2D eigenvalue weighted by Gasteiger charge is 2.16. The fourth-order valence-electron chi connectivity index (χ4n) is 1.83. The summed E-state index contributed by atoms with van der Waals surface area (Å²) in [4.78, 5) is 2.10. The summed E-state index contributed by atoms with van der Waals surface area (Å²) in [5.74, 6) is 2.06. The molecule has 6 heteroatoms. The lowest BCUT2D eigenvalue weighted by Crippen LogP contribution is -1.89. The predicted molar refractivity (Wildman–Crippen MR) is 84.9 cm³/mol. The molecule has 0 saturated heterocycles. The lowest BCUT2D eigenvalue weighted by Gasteiger charge is -2.07. The molecule has 0 amide bonds. The average Bonchev–Trinajstić information content (AvgIpc) is 3.18. The number of benzene rings is 1. The zero-order valence-corrected chi connectivity index (χ0v) is 13.3. The third kappa shape index (κ3) is 3.28. The topological polar surface area (TPSA) is 48.2 Å². The molecule has 0 fully saturated rings. The van der Waals surface area contributed by atoms with Crippen molar-refractivity contribution in [2.45, 2.75) is 17.1 Å². The highest BCUT2D eigenvalue weighted by atomic mass is 32.2. The second-order valence-electron chi connectivity index (χ2n) is 4.36. The van der Waals surface area contributed by atoms with Crippen LogP contribution in [0.3, 0.4) is 0 Å². The Kier molecular flexibility index (Phi) is 4.26. The molecule has 2 aromatic heterocycles. The van der Waals surface area contributed by atoms with Crippen LogP contribution in [0, 0.1) is 0 Å². The summed E-state index contributed by atoms with van der Waals surface area (Å²) in [6.45, 7) is 2.05. The number of nitrogens with zero attached hydrogens (tertiary/aromatic N) is 2. The van der Waals surface area contributed by atoms with Gasteiger partial charge in [-0.25, -0.2) is 0 Å². The van der Waals surface area contributed by atoms with E-state index in [2.05, 4.69) is 17.1 Å². The van der Waals surface area contributed by atoms with Crippen molar-refractivity contribution in [3.63, 3.8) is 0 Å². The molecule has 3 rings (SSSR count). The number of ether oxygens (including phenoxy) is 1. The first-order chi connectivity index (χ1) is 10.3. The highest BCUT2D eigenvalue weighted by molar-refractivity contribution is 7.99. The SMILES string of the molecule is COc1cccc(S[C@@H](C)c2nnc(-c3cccs3)o2)c1. The summed E-state index contributed by atoms with van der Waals surface area (Å²) >= 11 is 3.25. The van der Waals surface area contributed by atoms with Crippen LogP contribution in [0.15, 0.2) is 51.1 Å². The van der Waals surface area contributed by atoms with Crippen molar-refractivity contribution in [2.75, 3.05) is 7.11 Å². The Morgan fingerprint density at radius 2 is 2.14 bits per heavy atom. The van der Waals surface area contributed by atoms with Gasteiger partial charge in [-0.15, -0.1) is 33.3 Å².